The van der Waals surface area contributed by atoms with E-state index in [2.05, 4.69) is 15.1 Å². The molecule has 1 aliphatic rings. The van der Waals surface area contributed by atoms with E-state index < -0.39 is 0 Å². The number of halogens is 2. The van der Waals surface area contributed by atoms with Crippen LogP contribution in [0.4, 0.5) is 14.5 Å². The predicted molar refractivity (Wildman–Crippen MR) is 98.2 cm³/mol. The number of nitrogens with zero attached hydrogens (tertiary/aromatic N) is 2. The molecule has 0 aromatic heterocycles. The van der Waals surface area contributed by atoms with Crippen molar-refractivity contribution in [3.8, 4) is 0 Å². The second-order valence-corrected chi connectivity index (χ2v) is 6.43. The zero-order valence-electron chi connectivity index (χ0n) is 14.6. The maximum Gasteiger partial charge on any atom is 0.234 e. The normalized spacial score (nSPS) is 15.1. The first-order valence-electron chi connectivity index (χ1n) is 8.85. The van der Waals surface area contributed by atoms with Crippen LogP contribution < -0.4 is 10.2 Å². The minimum Gasteiger partial charge on any atom is -0.369 e. The highest BCUT2D eigenvalue weighted by Gasteiger charge is 2.19. The molecular formula is C20H23F2N3O. The van der Waals surface area contributed by atoms with Gasteiger partial charge in [0.1, 0.15) is 11.6 Å². The molecule has 0 unspecified atom stereocenters. The Bertz CT molecular complexity index is 728. The van der Waals surface area contributed by atoms with E-state index in [9.17, 15) is 13.6 Å². The van der Waals surface area contributed by atoms with Crippen molar-refractivity contribution in [3.63, 3.8) is 0 Å². The molecule has 4 nitrogen and oxygen atoms in total. The molecule has 2 aromatic carbocycles. The minimum atomic E-state index is -0.237. The SMILES string of the molecule is O=C(CN1CCN(c2ccc(F)cc2)CC1)NCCc1ccccc1F. The van der Waals surface area contributed by atoms with E-state index in [1.54, 1.807) is 30.3 Å². The van der Waals surface area contributed by atoms with Crippen molar-refractivity contribution in [1.82, 2.24) is 10.2 Å². The first-order chi connectivity index (χ1) is 12.6. The van der Waals surface area contributed by atoms with Crippen molar-refractivity contribution < 1.29 is 13.6 Å². The molecule has 1 heterocycles. The highest BCUT2D eigenvalue weighted by atomic mass is 19.1. The quantitative estimate of drug-likeness (QED) is 0.861. The average molecular weight is 359 g/mol. The van der Waals surface area contributed by atoms with E-state index in [1.165, 1.54) is 18.2 Å². The van der Waals surface area contributed by atoms with E-state index in [4.69, 9.17) is 0 Å². The zero-order valence-corrected chi connectivity index (χ0v) is 14.6. The van der Waals surface area contributed by atoms with Crippen molar-refractivity contribution in [1.29, 1.82) is 0 Å². The lowest BCUT2D eigenvalue weighted by molar-refractivity contribution is -0.122. The van der Waals surface area contributed by atoms with E-state index >= 15 is 0 Å². The van der Waals surface area contributed by atoms with Gasteiger partial charge in [0.15, 0.2) is 0 Å². The number of amides is 1. The molecule has 1 saturated heterocycles. The average Bonchev–Trinajstić information content (AvgIpc) is 2.65. The van der Waals surface area contributed by atoms with E-state index in [-0.39, 0.29) is 17.5 Å². The molecule has 2 aromatic rings. The summed E-state index contributed by atoms with van der Waals surface area (Å²) in [5.74, 6) is -0.519. The minimum absolute atomic E-state index is 0.0448. The summed E-state index contributed by atoms with van der Waals surface area (Å²) in [5, 5.41) is 2.85. The monoisotopic (exact) mass is 359 g/mol. The van der Waals surface area contributed by atoms with Crippen LogP contribution in [0.25, 0.3) is 0 Å². The predicted octanol–water partition coefficient (Wildman–Crippen LogP) is 2.45. The van der Waals surface area contributed by atoms with Crippen molar-refractivity contribution in [2.45, 2.75) is 6.42 Å². The van der Waals surface area contributed by atoms with Crippen molar-refractivity contribution >= 4 is 11.6 Å². The summed E-state index contributed by atoms with van der Waals surface area (Å²) < 4.78 is 26.5. The van der Waals surface area contributed by atoms with Gasteiger partial charge in [0, 0.05) is 38.4 Å². The molecule has 1 fully saturated rings. The van der Waals surface area contributed by atoms with Crippen LogP contribution in [0.1, 0.15) is 5.56 Å². The molecule has 0 aliphatic carbocycles. The Morgan fingerprint density at radius 2 is 1.65 bits per heavy atom. The molecule has 3 rings (SSSR count). The molecular weight excluding hydrogens is 336 g/mol. The molecule has 26 heavy (non-hydrogen) atoms. The Labute approximate surface area is 152 Å². The molecule has 1 aliphatic heterocycles. The number of carbonyl (C=O) groups is 1. The Hall–Kier alpha value is -2.47. The van der Waals surface area contributed by atoms with Crippen LogP contribution in [0.2, 0.25) is 0 Å². The van der Waals surface area contributed by atoms with Gasteiger partial charge in [-0.1, -0.05) is 18.2 Å². The van der Waals surface area contributed by atoms with Gasteiger partial charge in [-0.25, -0.2) is 8.78 Å². The molecule has 0 radical (unpaired) electrons. The summed E-state index contributed by atoms with van der Waals surface area (Å²) >= 11 is 0. The lowest BCUT2D eigenvalue weighted by atomic mass is 10.1. The smallest absolute Gasteiger partial charge is 0.234 e. The van der Waals surface area contributed by atoms with Gasteiger partial charge in [0.25, 0.3) is 0 Å². The van der Waals surface area contributed by atoms with Crippen molar-refractivity contribution in [2.24, 2.45) is 0 Å². The summed E-state index contributed by atoms with van der Waals surface area (Å²) in [6.07, 6.45) is 0.483. The Morgan fingerprint density at radius 3 is 2.35 bits per heavy atom. The van der Waals surface area contributed by atoms with Gasteiger partial charge in [0.2, 0.25) is 5.91 Å². The topological polar surface area (TPSA) is 35.6 Å². The van der Waals surface area contributed by atoms with Crippen LogP contribution in [-0.4, -0.2) is 50.1 Å². The number of piperazine rings is 1. The maximum absolute atomic E-state index is 13.5. The molecule has 0 bridgehead atoms. The summed E-state index contributed by atoms with van der Waals surface area (Å²) in [5.41, 5.74) is 1.61. The summed E-state index contributed by atoms with van der Waals surface area (Å²) in [7, 11) is 0. The van der Waals surface area contributed by atoms with E-state index in [1.807, 2.05) is 0 Å². The van der Waals surface area contributed by atoms with Crippen molar-refractivity contribution in [3.05, 3.63) is 65.7 Å². The number of nitrogens with one attached hydrogen (secondary N) is 1. The first-order valence-corrected chi connectivity index (χ1v) is 8.85. The van der Waals surface area contributed by atoms with Crippen molar-refractivity contribution in [2.75, 3.05) is 44.2 Å². The van der Waals surface area contributed by atoms with Crippen LogP contribution in [0, 0.1) is 11.6 Å². The lowest BCUT2D eigenvalue weighted by Gasteiger charge is -2.35. The molecule has 138 valence electrons. The van der Waals surface area contributed by atoms with Gasteiger partial charge in [-0.3, -0.25) is 9.69 Å². The summed E-state index contributed by atoms with van der Waals surface area (Å²) in [4.78, 5) is 16.4. The highest BCUT2D eigenvalue weighted by Crippen LogP contribution is 2.16. The van der Waals surface area contributed by atoms with Gasteiger partial charge in [-0.15, -0.1) is 0 Å². The highest BCUT2D eigenvalue weighted by molar-refractivity contribution is 5.78. The van der Waals surface area contributed by atoms with Gasteiger partial charge >= 0.3 is 0 Å². The van der Waals surface area contributed by atoms with Crippen LogP contribution in [0.5, 0.6) is 0 Å². The van der Waals surface area contributed by atoms with Crippen LogP contribution >= 0.6 is 0 Å². The summed E-state index contributed by atoms with van der Waals surface area (Å²) in [6.45, 7) is 3.92. The van der Waals surface area contributed by atoms with Crippen LogP contribution in [-0.2, 0) is 11.2 Å². The fourth-order valence-corrected chi connectivity index (χ4v) is 3.11. The maximum atomic E-state index is 13.5. The van der Waals surface area contributed by atoms with Gasteiger partial charge < -0.3 is 10.2 Å². The Morgan fingerprint density at radius 1 is 0.962 bits per heavy atom. The van der Waals surface area contributed by atoms with Gasteiger partial charge in [0.05, 0.1) is 6.54 Å². The zero-order chi connectivity index (χ0) is 18.4. The molecule has 0 atom stereocenters. The summed E-state index contributed by atoms with van der Waals surface area (Å²) in [6, 6.07) is 13.1. The first kappa shape index (κ1) is 18.3. The Kier molecular flexibility index (Phi) is 6.17. The number of hydrogen-bond acceptors (Lipinski definition) is 3. The van der Waals surface area contributed by atoms with E-state index in [0.717, 1.165) is 31.9 Å². The van der Waals surface area contributed by atoms with Crippen LogP contribution in [0.15, 0.2) is 48.5 Å². The Balaban J connectivity index is 1.38. The van der Waals surface area contributed by atoms with E-state index in [0.29, 0.717) is 25.1 Å². The number of rotatable bonds is 6. The molecule has 1 N–H and O–H groups in total. The third kappa shape index (κ3) is 5.02. The van der Waals surface area contributed by atoms with Gasteiger partial charge in [-0.2, -0.15) is 0 Å². The molecule has 0 saturated carbocycles. The number of carbonyl (C=O) groups excluding carboxylic acids is 1. The lowest BCUT2D eigenvalue weighted by Crippen LogP contribution is -2.49. The fraction of sp³-hybridized carbons (Fsp3) is 0.350. The molecule has 1 amide bonds. The number of benzene rings is 2. The molecule has 0 spiro atoms. The standard InChI is InChI=1S/C20H23F2N3O/c21-17-5-7-18(8-6-17)25-13-11-24(12-14-25)15-20(26)23-10-9-16-3-1-2-4-19(16)22/h1-8H,9-15H2,(H,23,26). The number of anilines is 1. The second-order valence-electron chi connectivity index (χ2n) is 6.43. The third-order valence-corrected chi connectivity index (χ3v) is 4.61. The number of hydrogen-bond donors (Lipinski definition) is 1. The van der Waals surface area contributed by atoms with Crippen LogP contribution in [0.3, 0.4) is 0 Å². The third-order valence-electron chi connectivity index (χ3n) is 4.61. The molecule has 6 heteroatoms. The van der Waals surface area contributed by atoms with Gasteiger partial charge in [-0.05, 0) is 42.3 Å². The largest absolute Gasteiger partial charge is 0.369 e. The fourth-order valence-electron chi connectivity index (χ4n) is 3.11. The second kappa shape index (κ2) is 8.76.